The molecular weight excluding hydrogens is 981 g/mol. The molecule has 18 nitrogen and oxygen atoms in total. The smallest absolute Gasteiger partial charge is 0.305 e. The fraction of sp³-hybridized carbons (Fsp3) is 0.440. The average molecular weight is 1040 g/mol. The van der Waals surface area contributed by atoms with E-state index in [0.29, 0.717) is 80.0 Å². The first kappa shape index (κ1) is 55.6. The number of hydrogen-bond donors (Lipinski definition) is 3. The van der Waals surface area contributed by atoms with Gasteiger partial charge in [0.1, 0.15) is 18.6 Å². The number of hydrogen-bond acceptors (Lipinski definition) is 15. The molecule has 0 radical (unpaired) electrons. The minimum atomic E-state index is -4.53. The van der Waals surface area contributed by atoms with Crippen LogP contribution >= 0.6 is 12.0 Å². The Morgan fingerprint density at radius 2 is 1.39 bits per heavy atom. The molecule has 0 aromatic heterocycles. The highest BCUT2D eigenvalue weighted by atomic mass is 32.2. The monoisotopic (exact) mass is 1040 g/mol. The zero-order valence-electron chi connectivity index (χ0n) is 40.9. The molecule has 6 rings (SSSR count). The second-order valence-electron chi connectivity index (χ2n) is 18.2. The van der Waals surface area contributed by atoms with Gasteiger partial charge in [-0.3, -0.25) is 18.9 Å². The Labute approximate surface area is 419 Å². The highest BCUT2D eigenvalue weighted by Gasteiger charge is 2.45. The summed E-state index contributed by atoms with van der Waals surface area (Å²) in [7, 11) is -6.98. The molecular formula is C50H62N2O16S3. The van der Waals surface area contributed by atoms with Crippen LogP contribution in [0.25, 0.3) is 0 Å². The van der Waals surface area contributed by atoms with E-state index in [1.807, 2.05) is 58.2 Å². The number of benzene rings is 3. The van der Waals surface area contributed by atoms with Crippen molar-refractivity contribution in [1.29, 1.82) is 0 Å². The van der Waals surface area contributed by atoms with E-state index < -0.39 is 37.0 Å². The molecule has 21 heteroatoms. The Morgan fingerprint density at radius 3 is 2.00 bits per heavy atom. The number of fused-ring (bicyclic) bond motifs is 2. The summed E-state index contributed by atoms with van der Waals surface area (Å²) >= 11 is 0.840. The Balaban J connectivity index is 1.30. The minimum absolute atomic E-state index is 0.0664. The van der Waals surface area contributed by atoms with Gasteiger partial charge in [0.25, 0.3) is 20.2 Å². The van der Waals surface area contributed by atoms with Gasteiger partial charge in [-0.15, -0.1) is 0 Å². The number of aliphatic carboxylic acids is 1. The molecule has 3 aromatic rings. The number of ether oxygens (including phenoxy) is 5. The predicted molar refractivity (Wildman–Crippen MR) is 263 cm³/mol. The Bertz CT molecular complexity index is 2830. The van der Waals surface area contributed by atoms with Crippen LogP contribution in [-0.2, 0) is 64.2 Å². The molecule has 0 fully saturated rings. The summed E-state index contributed by atoms with van der Waals surface area (Å²) < 4.78 is 104. The van der Waals surface area contributed by atoms with Crippen molar-refractivity contribution in [1.82, 2.24) is 0 Å². The van der Waals surface area contributed by atoms with Crippen LogP contribution in [0.1, 0.15) is 75.6 Å². The molecule has 0 bridgehead atoms. The molecule has 0 saturated heterocycles. The molecule has 3 aromatic carbocycles. The van der Waals surface area contributed by atoms with Gasteiger partial charge < -0.3 is 38.9 Å². The second kappa shape index (κ2) is 23.9. The number of carbonyl (C=O) groups is 1. The van der Waals surface area contributed by atoms with Crippen molar-refractivity contribution in [2.24, 2.45) is 0 Å². The van der Waals surface area contributed by atoms with Crippen LogP contribution in [0, 0.1) is 13.8 Å². The van der Waals surface area contributed by atoms with Crippen LogP contribution in [0.2, 0.25) is 0 Å². The van der Waals surface area contributed by atoms with Crippen LogP contribution in [0.15, 0.2) is 110 Å². The Kier molecular flexibility index (Phi) is 18.7. The molecule has 3 aliphatic rings. The fourth-order valence-corrected chi connectivity index (χ4v) is 10.8. The molecule has 386 valence electrons. The van der Waals surface area contributed by atoms with E-state index >= 15 is 0 Å². The summed E-state index contributed by atoms with van der Waals surface area (Å²) in [6.07, 6.45) is 10.1. The van der Waals surface area contributed by atoms with Crippen LogP contribution in [0.4, 0.5) is 11.4 Å². The van der Waals surface area contributed by atoms with Crippen molar-refractivity contribution in [2.75, 3.05) is 71.3 Å². The molecule has 3 N–H and O–H groups in total. The van der Waals surface area contributed by atoms with Crippen molar-refractivity contribution in [3.05, 3.63) is 118 Å². The molecule has 1 aliphatic carbocycles. The Hall–Kier alpha value is -4.75. The zero-order valence-corrected chi connectivity index (χ0v) is 43.3. The summed E-state index contributed by atoms with van der Waals surface area (Å²) in [5.74, 6) is -0.0135. The number of anilines is 1. The van der Waals surface area contributed by atoms with Gasteiger partial charge in [0.05, 0.1) is 86.5 Å². The topological polar surface area (TPSA) is 240 Å². The molecule has 0 spiro atoms. The van der Waals surface area contributed by atoms with Crippen LogP contribution in [0.5, 0.6) is 5.75 Å². The highest BCUT2D eigenvalue weighted by molar-refractivity contribution is 7.94. The lowest BCUT2D eigenvalue weighted by Crippen LogP contribution is -2.29. The van der Waals surface area contributed by atoms with E-state index in [1.54, 1.807) is 6.92 Å². The summed E-state index contributed by atoms with van der Waals surface area (Å²) in [5, 5.41) is 22.9. The number of allylic oxidation sites excluding steroid dienone is 7. The van der Waals surface area contributed by atoms with Gasteiger partial charge in [-0.1, -0.05) is 19.9 Å². The van der Waals surface area contributed by atoms with Crippen molar-refractivity contribution in [3.8, 4) is 5.75 Å². The SMILES string of the molecule is Cc1cc(S(=O)(=O)O)cc2c1N(CCOCCOCCOCCOCCC(=O)O)/C(=C/C=C1\CCCC(/C=C/C3=[N+](C)c4c(C)cc(SOO[O-])cc4C3(C)C)=C1Oc1ccc(S(=O)(=O)O)cc1)C2(C)C. The first-order valence-corrected chi connectivity index (χ1v) is 26.6. The zero-order chi connectivity index (χ0) is 51.7. The van der Waals surface area contributed by atoms with Crippen molar-refractivity contribution in [2.45, 2.75) is 92.7 Å². The number of carboxylic acids is 1. The van der Waals surface area contributed by atoms with Gasteiger partial charge in [0, 0.05) is 45.4 Å². The van der Waals surface area contributed by atoms with Gasteiger partial charge in [-0.25, -0.2) is 0 Å². The number of nitrogens with zero attached hydrogens (tertiary/aromatic N) is 2. The average Bonchev–Trinajstić information content (AvgIpc) is 3.63. The van der Waals surface area contributed by atoms with Crippen LogP contribution in [0.3, 0.4) is 0 Å². The minimum Gasteiger partial charge on any atom is -0.691 e. The van der Waals surface area contributed by atoms with Gasteiger partial charge >= 0.3 is 5.97 Å². The quantitative estimate of drug-likeness (QED) is 0.0189. The standard InChI is InChI=1S/C50H62N2O16S3/c1-33-29-38(69-68-67-55)31-41-46(33)51(7)43(49(41,3)4)17-11-35-9-8-10-36(48(35)66-37-13-15-39(16-14-37)70(56,57)58)12-18-44-50(5,6)42-32-40(71(59,60)61)30-34(2)47(42)52(44)20-22-63-24-26-65-28-27-64-25-23-62-21-19-45(53)54/h11-18,29-32H,8-10,19-28H2,1-7H3,(H3-,53,54,55,56,57,58,59,60,61). The summed E-state index contributed by atoms with van der Waals surface area (Å²) in [4.78, 5) is 12.9. The maximum atomic E-state index is 12.5. The van der Waals surface area contributed by atoms with Crippen molar-refractivity contribution < 1.29 is 78.7 Å². The van der Waals surface area contributed by atoms with Crippen LogP contribution < -0.4 is 14.9 Å². The first-order valence-electron chi connectivity index (χ1n) is 23.0. The van der Waals surface area contributed by atoms with E-state index in [-0.39, 0.29) is 36.0 Å². The lowest BCUT2D eigenvalue weighted by Gasteiger charge is -2.28. The lowest BCUT2D eigenvalue weighted by molar-refractivity contribution is -0.777. The summed E-state index contributed by atoms with van der Waals surface area (Å²) in [6, 6.07) is 12.4. The maximum absolute atomic E-state index is 12.5. The first-order chi connectivity index (χ1) is 33.5. The fourth-order valence-electron chi connectivity index (χ4n) is 9.21. The number of rotatable bonds is 25. The van der Waals surface area contributed by atoms with E-state index in [4.69, 9.17) is 28.8 Å². The molecule has 71 heavy (non-hydrogen) atoms. The maximum Gasteiger partial charge on any atom is 0.305 e. The molecule has 0 unspecified atom stereocenters. The van der Waals surface area contributed by atoms with E-state index in [9.17, 15) is 36.0 Å². The van der Waals surface area contributed by atoms with E-state index in [1.165, 1.54) is 36.4 Å². The number of aryl methyl sites for hydroxylation is 2. The third-order valence-corrected chi connectivity index (χ3v) is 14.9. The second-order valence-corrected chi connectivity index (χ2v) is 21.9. The van der Waals surface area contributed by atoms with E-state index in [2.05, 4.69) is 38.8 Å². The van der Waals surface area contributed by atoms with Gasteiger partial charge in [-0.05, 0) is 130 Å². The largest absolute Gasteiger partial charge is 0.691 e. The van der Waals surface area contributed by atoms with Gasteiger partial charge in [0.15, 0.2) is 5.71 Å². The normalized spacial score (nSPS) is 17.8. The summed E-state index contributed by atoms with van der Waals surface area (Å²) in [6.45, 7) is 14.7. The summed E-state index contributed by atoms with van der Waals surface area (Å²) in [5.41, 5.74) is 7.52. The van der Waals surface area contributed by atoms with Crippen LogP contribution in [-0.4, -0.2) is 114 Å². The number of carboxylic acid groups (broad SMARTS) is 1. The molecule has 2 aliphatic heterocycles. The lowest BCUT2D eigenvalue weighted by atomic mass is 9.80. The van der Waals surface area contributed by atoms with Crippen molar-refractivity contribution >= 4 is 55.3 Å². The molecule has 0 atom stereocenters. The third kappa shape index (κ3) is 13.7. The van der Waals surface area contributed by atoms with Crippen molar-refractivity contribution in [3.63, 3.8) is 0 Å². The van der Waals surface area contributed by atoms with E-state index in [0.717, 1.165) is 63.5 Å². The Morgan fingerprint density at radius 1 is 0.775 bits per heavy atom. The third-order valence-electron chi connectivity index (χ3n) is 12.6. The predicted octanol–water partition coefficient (Wildman–Crippen LogP) is 7.26. The molecule has 0 amide bonds. The highest BCUT2D eigenvalue weighted by Crippen LogP contribution is 2.50. The van der Waals surface area contributed by atoms with Gasteiger partial charge in [0.2, 0.25) is 5.69 Å². The molecule has 2 heterocycles. The van der Waals surface area contributed by atoms with Gasteiger partial charge in [-0.2, -0.15) is 25.7 Å². The molecule has 0 saturated carbocycles.